The van der Waals surface area contributed by atoms with E-state index in [1.165, 1.54) is 12.8 Å². The van der Waals surface area contributed by atoms with Crippen LogP contribution in [0.15, 0.2) is 47.6 Å². The summed E-state index contributed by atoms with van der Waals surface area (Å²) in [5.74, 6) is 15.5. The molecule has 36 heavy (non-hydrogen) atoms. The number of aliphatic hydroxyl groups excluding tert-OH is 2. The first-order chi connectivity index (χ1) is 17.2. The fraction of sp³-hybridized carbons (Fsp3) is 0.562. The monoisotopic (exact) mass is 486 g/mol. The van der Waals surface area contributed by atoms with Crippen LogP contribution in [0.1, 0.15) is 53.4 Å². The number of ether oxygens (including phenoxy) is 2. The van der Waals surface area contributed by atoms with Crippen LogP contribution in [0.3, 0.4) is 0 Å². The van der Waals surface area contributed by atoms with E-state index in [-0.39, 0.29) is 24.0 Å². The van der Waals surface area contributed by atoms with Gasteiger partial charge in [0, 0.05) is 6.07 Å². The molecule has 0 saturated heterocycles. The fourth-order valence-corrected chi connectivity index (χ4v) is 6.74. The normalized spacial score (nSPS) is 29.8. The zero-order valence-electron chi connectivity index (χ0n) is 21.9. The van der Waals surface area contributed by atoms with Crippen molar-refractivity contribution in [1.29, 1.82) is 0 Å². The smallest absolute Gasteiger partial charge is 0.149 e. The van der Waals surface area contributed by atoms with E-state index in [0.29, 0.717) is 23.3 Å². The average Bonchev–Trinajstić information content (AvgIpc) is 2.88. The highest BCUT2D eigenvalue weighted by atomic mass is 16.5. The van der Waals surface area contributed by atoms with Crippen LogP contribution in [0.4, 0.5) is 0 Å². The van der Waals surface area contributed by atoms with E-state index < -0.39 is 12.2 Å². The molecule has 0 radical (unpaired) electrons. The quantitative estimate of drug-likeness (QED) is 0.431. The third-order valence-electron chi connectivity index (χ3n) is 9.56. The Morgan fingerprint density at radius 3 is 1.64 bits per heavy atom. The second-order valence-corrected chi connectivity index (χ2v) is 12.0. The number of hydrogen-bond acceptors (Lipinski definition) is 4. The lowest BCUT2D eigenvalue weighted by Crippen LogP contribution is -2.49. The third-order valence-corrected chi connectivity index (χ3v) is 9.56. The molecule has 0 amide bonds. The SMILES string of the molecule is CC1(C)[C@@H]2CC=C(C(O)C#CCOc3cccc(OCC#CC(O)C4=CC[C@@H]5C[C@@H]4C5(C)C)c3)[C@@H]1C2. The minimum atomic E-state index is -0.719. The second-order valence-electron chi connectivity index (χ2n) is 12.0. The molecule has 6 atom stereocenters. The van der Waals surface area contributed by atoms with Gasteiger partial charge in [-0.05, 0) is 83.5 Å². The molecule has 0 heterocycles. The summed E-state index contributed by atoms with van der Waals surface area (Å²) in [6.07, 6.45) is 7.35. The number of aliphatic hydroxyl groups is 2. The van der Waals surface area contributed by atoms with Gasteiger partial charge in [0.2, 0.25) is 0 Å². The highest BCUT2D eigenvalue weighted by molar-refractivity contribution is 5.35. The Balaban J connectivity index is 1.08. The molecule has 0 aliphatic heterocycles. The van der Waals surface area contributed by atoms with Gasteiger partial charge < -0.3 is 19.7 Å². The van der Waals surface area contributed by atoms with E-state index in [2.05, 4.69) is 63.5 Å². The van der Waals surface area contributed by atoms with Crippen molar-refractivity contribution in [2.75, 3.05) is 13.2 Å². The van der Waals surface area contributed by atoms with Crippen LogP contribution in [0.25, 0.3) is 0 Å². The van der Waals surface area contributed by atoms with Crippen LogP contribution in [0.2, 0.25) is 0 Å². The highest BCUT2D eigenvalue weighted by Crippen LogP contribution is 2.60. The first kappa shape index (κ1) is 25.0. The number of rotatable bonds is 6. The molecule has 4 heteroatoms. The third kappa shape index (κ3) is 4.58. The topological polar surface area (TPSA) is 58.9 Å². The zero-order valence-corrected chi connectivity index (χ0v) is 21.9. The molecular formula is C32H38O4. The van der Waals surface area contributed by atoms with Gasteiger partial charge in [-0.1, -0.05) is 69.6 Å². The molecule has 0 aromatic heterocycles. The van der Waals surface area contributed by atoms with Gasteiger partial charge in [0.25, 0.3) is 0 Å². The van der Waals surface area contributed by atoms with Gasteiger partial charge in [0.15, 0.2) is 0 Å². The summed E-state index contributed by atoms with van der Waals surface area (Å²) in [7, 11) is 0. The zero-order chi connectivity index (χ0) is 25.5. The molecule has 2 unspecified atom stereocenters. The minimum Gasteiger partial charge on any atom is -0.481 e. The molecule has 0 spiro atoms. The summed E-state index contributed by atoms with van der Waals surface area (Å²) < 4.78 is 11.5. The Labute approximate surface area is 215 Å². The van der Waals surface area contributed by atoms with Gasteiger partial charge >= 0.3 is 0 Å². The lowest BCUT2D eigenvalue weighted by molar-refractivity contribution is -0.0169. The lowest BCUT2D eigenvalue weighted by atomic mass is 9.48. The van der Waals surface area contributed by atoms with E-state index >= 15 is 0 Å². The molecule has 6 aliphatic rings. The molecule has 1 aromatic rings. The van der Waals surface area contributed by atoms with Crippen LogP contribution >= 0.6 is 0 Å². The average molecular weight is 487 g/mol. The van der Waals surface area contributed by atoms with Gasteiger partial charge in [-0.15, -0.1) is 0 Å². The summed E-state index contributed by atoms with van der Waals surface area (Å²) in [5, 5.41) is 21.2. The number of benzene rings is 1. The molecule has 2 N–H and O–H groups in total. The van der Waals surface area contributed by atoms with Crippen LogP contribution in [-0.2, 0) is 0 Å². The van der Waals surface area contributed by atoms with Crippen molar-refractivity contribution < 1.29 is 19.7 Å². The van der Waals surface area contributed by atoms with Crippen molar-refractivity contribution in [3.05, 3.63) is 47.6 Å². The van der Waals surface area contributed by atoms with Crippen LogP contribution in [0, 0.1) is 58.2 Å². The van der Waals surface area contributed by atoms with Crippen LogP contribution in [-0.4, -0.2) is 35.6 Å². The van der Waals surface area contributed by atoms with Crippen LogP contribution < -0.4 is 9.47 Å². The van der Waals surface area contributed by atoms with Crippen molar-refractivity contribution in [2.45, 2.75) is 65.6 Å². The number of hydrogen-bond donors (Lipinski definition) is 2. The Kier molecular flexibility index (Phi) is 6.71. The predicted molar refractivity (Wildman–Crippen MR) is 141 cm³/mol. The largest absolute Gasteiger partial charge is 0.481 e. The minimum absolute atomic E-state index is 0.198. The van der Waals surface area contributed by atoms with Crippen molar-refractivity contribution in [1.82, 2.24) is 0 Å². The fourth-order valence-electron chi connectivity index (χ4n) is 6.74. The summed E-state index contributed by atoms with van der Waals surface area (Å²) in [6.45, 7) is 9.57. The van der Waals surface area contributed by atoms with E-state index in [9.17, 15) is 10.2 Å². The van der Waals surface area contributed by atoms with Gasteiger partial charge in [-0.3, -0.25) is 0 Å². The highest BCUT2D eigenvalue weighted by Gasteiger charge is 2.53. The van der Waals surface area contributed by atoms with Crippen molar-refractivity contribution in [2.24, 2.45) is 34.5 Å². The second kappa shape index (κ2) is 9.66. The number of fused-ring (bicyclic) bond motifs is 2. The van der Waals surface area contributed by atoms with E-state index in [1.54, 1.807) is 6.07 Å². The summed E-state index contributed by atoms with van der Waals surface area (Å²) in [6, 6.07) is 7.37. The maximum absolute atomic E-state index is 10.6. The van der Waals surface area contributed by atoms with Gasteiger partial charge in [0.05, 0.1) is 0 Å². The first-order valence-corrected chi connectivity index (χ1v) is 13.3. The Hall–Kier alpha value is -2.66. The lowest BCUT2D eigenvalue weighted by Gasteiger charge is -2.56. The Morgan fingerprint density at radius 2 is 1.25 bits per heavy atom. The Bertz CT molecular complexity index is 1090. The van der Waals surface area contributed by atoms with E-state index in [0.717, 1.165) is 35.8 Å². The molecule has 2 saturated carbocycles. The van der Waals surface area contributed by atoms with Crippen LogP contribution in [0.5, 0.6) is 11.5 Å². The molecule has 2 fully saturated rings. The molecule has 6 aliphatic carbocycles. The maximum Gasteiger partial charge on any atom is 0.149 e. The van der Waals surface area contributed by atoms with E-state index in [1.807, 2.05) is 18.2 Å². The van der Waals surface area contributed by atoms with Crippen molar-refractivity contribution >= 4 is 0 Å². The standard InChI is InChI=1S/C32H38O4/c1-31(2)21-12-14-25(27(31)18-21)29(33)10-6-16-35-23-8-5-9-24(20-23)36-17-7-11-30(34)26-15-13-22-19-28(26)32(22,3)4/h5,8-9,14-15,20-22,27-30,33-34H,12-13,16-19H2,1-4H3/t21-,22-,27+,28+,29?,30?/m1/s1. The summed E-state index contributed by atoms with van der Waals surface area (Å²) >= 11 is 0. The van der Waals surface area contributed by atoms with Crippen molar-refractivity contribution in [3.8, 4) is 35.2 Å². The van der Waals surface area contributed by atoms with Gasteiger partial charge in [0.1, 0.15) is 36.9 Å². The number of allylic oxidation sites excluding steroid dienone is 2. The molecule has 4 nitrogen and oxygen atoms in total. The predicted octanol–water partition coefficient (Wildman–Crippen LogP) is 5.16. The first-order valence-electron chi connectivity index (χ1n) is 13.3. The van der Waals surface area contributed by atoms with Gasteiger partial charge in [-0.25, -0.2) is 0 Å². The summed E-state index contributed by atoms with van der Waals surface area (Å²) in [5.41, 5.74) is 2.71. The Morgan fingerprint density at radius 1 is 0.806 bits per heavy atom. The molecule has 1 aromatic carbocycles. The molecule has 7 rings (SSSR count). The molecule has 190 valence electrons. The molecular weight excluding hydrogens is 448 g/mol. The summed E-state index contributed by atoms with van der Waals surface area (Å²) in [4.78, 5) is 0. The molecule has 4 bridgehead atoms. The van der Waals surface area contributed by atoms with E-state index in [4.69, 9.17) is 9.47 Å². The van der Waals surface area contributed by atoms with Crippen molar-refractivity contribution in [3.63, 3.8) is 0 Å². The van der Waals surface area contributed by atoms with Gasteiger partial charge in [-0.2, -0.15) is 0 Å². The maximum atomic E-state index is 10.6.